The maximum atomic E-state index is 5.00. The lowest BCUT2D eigenvalue weighted by Crippen LogP contribution is -2.05. The Labute approximate surface area is 168 Å². The fourth-order valence-electron chi connectivity index (χ4n) is 3.31. The van der Waals surface area contributed by atoms with E-state index in [1.54, 1.807) is 0 Å². The number of halogens is 1. The van der Waals surface area contributed by atoms with Gasteiger partial charge in [-0.2, -0.15) is 5.10 Å². The van der Waals surface area contributed by atoms with Crippen LogP contribution in [0.4, 0.5) is 0 Å². The van der Waals surface area contributed by atoms with Crippen molar-refractivity contribution in [1.82, 2.24) is 9.78 Å². The third kappa shape index (κ3) is 3.60. The summed E-state index contributed by atoms with van der Waals surface area (Å²) in [7, 11) is 0. The molecule has 4 rings (SSSR count). The summed E-state index contributed by atoms with van der Waals surface area (Å²) in [5, 5.41) is 5.00. The van der Waals surface area contributed by atoms with Crippen molar-refractivity contribution in [3.8, 4) is 28.2 Å². The zero-order valence-corrected chi connectivity index (χ0v) is 17.0. The van der Waals surface area contributed by atoms with Crippen LogP contribution in [-0.2, 0) is 0 Å². The van der Waals surface area contributed by atoms with E-state index in [1.807, 2.05) is 12.1 Å². The molecule has 0 unspecified atom stereocenters. The van der Waals surface area contributed by atoms with Gasteiger partial charge in [0.05, 0.1) is 17.1 Å². The second-order valence-electron chi connectivity index (χ2n) is 6.92. The molecule has 0 aliphatic rings. The third-order valence-corrected chi connectivity index (χ3v) is 5.18. The molecule has 1 heterocycles. The Hall–Kier alpha value is -2.65. The van der Waals surface area contributed by atoms with Gasteiger partial charge in [-0.1, -0.05) is 90.4 Å². The molecule has 0 aliphatic heterocycles. The van der Waals surface area contributed by atoms with Crippen molar-refractivity contribution in [3.63, 3.8) is 0 Å². The molecule has 2 nitrogen and oxygen atoms in total. The smallest absolute Gasteiger partial charge is 0.0934 e. The van der Waals surface area contributed by atoms with Crippen LogP contribution in [0.2, 0.25) is 0 Å². The molecule has 3 heteroatoms. The van der Waals surface area contributed by atoms with E-state index in [1.165, 1.54) is 5.56 Å². The van der Waals surface area contributed by atoms with Crippen LogP contribution in [0.15, 0.2) is 89.4 Å². The first-order valence-electron chi connectivity index (χ1n) is 9.14. The number of benzene rings is 3. The number of hydrogen-bond donors (Lipinski definition) is 0. The van der Waals surface area contributed by atoms with Crippen molar-refractivity contribution in [3.05, 3.63) is 95.0 Å². The molecule has 1 aromatic heterocycles. The molecule has 0 amide bonds. The Morgan fingerprint density at radius 1 is 0.778 bits per heavy atom. The third-order valence-electron chi connectivity index (χ3n) is 4.69. The van der Waals surface area contributed by atoms with E-state index in [0.717, 1.165) is 32.7 Å². The van der Waals surface area contributed by atoms with Gasteiger partial charge in [0.2, 0.25) is 0 Å². The van der Waals surface area contributed by atoms with Gasteiger partial charge in [-0.3, -0.25) is 0 Å². The van der Waals surface area contributed by atoms with Crippen LogP contribution in [0.1, 0.15) is 25.3 Å². The fraction of sp³-hybridized carbons (Fsp3) is 0.125. The summed E-state index contributed by atoms with van der Waals surface area (Å²) in [5.41, 5.74) is 6.74. The van der Waals surface area contributed by atoms with Crippen LogP contribution in [0, 0.1) is 0 Å². The minimum absolute atomic E-state index is 0.394. The summed E-state index contributed by atoms with van der Waals surface area (Å²) in [6.07, 6.45) is 0. The van der Waals surface area contributed by atoms with Crippen LogP contribution in [0.25, 0.3) is 28.2 Å². The van der Waals surface area contributed by atoms with Crippen LogP contribution < -0.4 is 0 Å². The van der Waals surface area contributed by atoms with Gasteiger partial charge in [-0.15, -0.1) is 0 Å². The molecule has 0 radical (unpaired) electrons. The highest BCUT2D eigenvalue weighted by Crippen LogP contribution is 2.33. The Morgan fingerprint density at radius 3 is 2.04 bits per heavy atom. The normalized spacial score (nSPS) is 11.1. The van der Waals surface area contributed by atoms with Gasteiger partial charge in [0.1, 0.15) is 0 Å². The van der Waals surface area contributed by atoms with Crippen LogP contribution in [0.5, 0.6) is 0 Å². The Morgan fingerprint density at radius 2 is 1.41 bits per heavy atom. The quantitative estimate of drug-likeness (QED) is 0.347. The fourth-order valence-corrected chi connectivity index (χ4v) is 3.69. The second-order valence-corrected chi connectivity index (χ2v) is 7.83. The lowest BCUT2D eigenvalue weighted by atomic mass is 10.0. The first kappa shape index (κ1) is 17.7. The van der Waals surface area contributed by atoms with E-state index in [2.05, 4.69) is 107 Å². The number of aromatic nitrogens is 2. The minimum atomic E-state index is 0.394. The predicted octanol–water partition coefficient (Wildman–Crippen LogP) is 7.09. The van der Waals surface area contributed by atoms with E-state index in [9.17, 15) is 0 Å². The van der Waals surface area contributed by atoms with Crippen molar-refractivity contribution in [2.75, 3.05) is 0 Å². The molecule has 0 aliphatic carbocycles. The van der Waals surface area contributed by atoms with Crippen LogP contribution in [-0.4, -0.2) is 9.78 Å². The lowest BCUT2D eigenvalue weighted by Gasteiger charge is -2.16. The molecule has 0 atom stereocenters. The predicted molar refractivity (Wildman–Crippen MR) is 116 cm³/mol. The molecule has 4 aromatic rings. The Kier molecular flexibility index (Phi) is 4.95. The zero-order chi connectivity index (χ0) is 18.8. The first-order chi connectivity index (χ1) is 13.1. The first-order valence-corrected chi connectivity index (χ1v) is 9.93. The van der Waals surface area contributed by atoms with Crippen molar-refractivity contribution >= 4 is 15.9 Å². The van der Waals surface area contributed by atoms with Gasteiger partial charge >= 0.3 is 0 Å². The van der Waals surface area contributed by atoms with Crippen molar-refractivity contribution in [2.45, 2.75) is 19.8 Å². The minimum Gasteiger partial charge on any atom is -0.232 e. The SMILES string of the molecule is CC(C)c1cc(Br)ccc1-n1nc(-c2ccccc2)cc1-c1ccccc1. The molecule has 0 bridgehead atoms. The molecular weight excluding hydrogens is 396 g/mol. The van der Waals surface area contributed by atoms with Crippen molar-refractivity contribution in [2.24, 2.45) is 0 Å². The zero-order valence-electron chi connectivity index (χ0n) is 15.4. The average molecular weight is 417 g/mol. The van der Waals surface area contributed by atoms with Gasteiger partial charge in [0.25, 0.3) is 0 Å². The molecule has 0 saturated heterocycles. The summed E-state index contributed by atoms with van der Waals surface area (Å²) in [4.78, 5) is 0. The maximum absolute atomic E-state index is 5.00. The van der Waals surface area contributed by atoms with E-state index >= 15 is 0 Å². The van der Waals surface area contributed by atoms with Gasteiger partial charge < -0.3 is 0 Å². The summed E-state index contributed by atoms with van der Waals surface area (Å²) < 4.78 is 3.17. The summed E-state index contributed by atoms with van der Waals surface area (Å²) in [6, 6.07) is 29.4. The average Bonchev–Trinajstić information content (AvgIpc) is 3.14. The van der Waals surface area contributed by atoms with Crippen LogP contribution in [0.3, 0.4) is 0 Å². The Balaban J connectivity index is 1.96. The summed E-state index contributed by atoms with van der Waals surface area (Å²) in [5.74, 6) is 0.394. The summed E-state index contributed by atoms with van der Waals surface area (Å²) in [6.45, 7) is 4.43. The highest BCUT2D eigenvalue weighted by Gasteiger charge is 2.17. The lowest BCUT2D eigenvalue weighted by molar-refractivity contribution is 0.813. The van der Waals surface area contributed by atoms with Gasteiger partial charge in [-0.05, 0) is 35.7 Å². The molecule has 3 aromatic carbocycles. The second kappa shape index (κ2) is 7.53. The molecule has 0 saturated carbocycles. The van der Waals surface area contributed by atoms with Crippen LogP contribution >= 0.6 is 15.9 Å². The molecule has 27 heavy (non-hydrogen) atoms. The Bertz CT molecular complexity index is 1050. The number of hydrogen-bond acceptors (Lipinski definition) is 1. The van der Waals surface area contributed by atoms with Gasteiger partial charge in [-0.25, -0.2) is 4.68 Å². The summed E-state index contributed by atoms with van der Waals surface area (Å²) >= 11 is 3.61. The number of nitrogens with zero attached hydrogens (tertiary/aromatic N) is 2. The molecular formula is C24H21BrN2. The van der Waals surface area contributed by atoms with E-state index in [0.29, 0.717) is 5.92 Å². The molecule has 0 fully saturated rings. The highest BCUT2D eigenvalue weighted by molar-refractivity contribution is 9.10. The van der Waals surface area contributed by atoms with Crippen molar-refractivity contribution < 1.29 is 0 Å². The molecule has 134 valence electrons. The van der Waals surface area contributed by atoms with E-state index in [-0.39, 0.29) is 0 Å². The topological polar surface area (TPSA) is 17.8 Å². The van der Waals surface area contributed by atoms with E-state index < -0.39 is 0 Å². The largest absolute Gasteiger partial charge is 0.232 e. The van der Waals surface area contributed by atoms with Gasteiger partial charge in [0.15, 0.2) is 0 Å². The highest BCUT2D eigenvalue weighted by atomic mass is 79.9. The van der Waals surface area contributed by atoms with E-state index in [4.69, 9.17) is 5.10 Å². The number of rotatable bonds is 4. The molecule has 0 spiro atoms. The van der Waals surface area contributed by atoms with Crippen molar-refractivity contribution in [1.29, 1.82) is 0 Å². The monoisotopic (exact) mass is 416 g/mol. The maximum Gasteiger partial charge on any atom is 0.0934 e. The standard InChI is InChI=1S/C24H21BrN2/c1-17(2)21-15-20(25)13-14-23(21)27-24(19-11-7-4-8-12-19)16-22(26-27)18-9-5-3-6-10-18/h3-17H,1-2H3. The van der Waals surface area contributed by atoms with Gasteiger partial charge in [0, 0.05) is 15.6 Å². The molecule has 0 N–H and O–H groups in total.